The number of hydrogen-bond donors (Lipinski definition) is 4. The summed E-state index contributed by atoms with van der Waals surface area (Å²) in [5.41, 5.74) is 7.16. The zero-order valence-corrected chi connectivity index (χ0v) is 12.2. The Morgan fingerprint density at radius 2 is 2.27 bits per heavy atom. The Kier molecular flexibility index (Phi) is 3.58. The van der Waals surface area contributed by atoms with E-state index in [1.165, 1.54) is 12.3 Å². The first-order valence-corrected chi connectivity index (χ1v) is 7.10. The maximum atomic E-state index is 13.6. The molecule has 1 fully saturated rings. The van der Waals surface area contributed by atoms with E-state index in [0.717, 1.165) is 31.1 Å². The molecule has 7 heteroatoms. The minimum Gasteiger partial charge on any atom is -0.366 e. The molecular formula is C15H18FN5O. The summed E-state index contributed by atoms with van der Waals surface area (Å²) < 4.78 is 13.6. The molecule has 22 heavy (non-hydrogen) atoms. The topological polar surface area (TPSA) is 94.2 Å². The van der Waals surface area contributed by atoms with Gasteiger partial charge in [0.2, 0.25) is 0 Å². The van der Waals surface area contributed by atoms with Crippen LogP contribution in [0, 0.1) is 17.1 Å². The number of nitrogens with two attached hydrogens (primary N) is 1. The van der Waals surface area contributed by atoms with Crippen LogP contribution in [0.15, 0.2) is 23.5 Å². The smallest absolute Gasteiger partial charge is 0.250 e. The molecule has 0 saturated carbocycles. The lowest BCUT2D eigenvalue weighted by atomic mass is 9.99. The van der Waals surface area contributed by atoms with Crippen LogP contribution in [0.25, 0.3) is 0 Å². The number of carbonyl (C=O) groups excluding carboxylic acids is 1. The molecule has 6 nitrogen and oxygen atoms in total. The molecule has 1 amide bonds. The Balaban J connectivity index is 1.99. The van der Waals surface area contributed by atoms with Gasteiger partial charge in [0.25, 0.3) is 5.91 Å². The molecule has 2 aliphatic heterocycles. The Bertz CT molecular complexity index is 685. The zero-order chi connectivity index (χ0) is 15.9. The van der Waals surface area contributed by atoms with E-state index in [-0.39, 0.29) is 11.5 Å². The second-order valence-corrected chi connectivity index (χ2v) is 5.71. The molecule has 1 saturated heterocycles. The second kappa shape index (κ2) is 5.42. The molecular weight excluding hydrogens is 285 g/mol. The molecule has 0 aromatic heterocycles. The molecule has 0 spiro atoms. The highest BCUT2D eigenvalue weighted by molar-refractivity contribution is 6.04. The largest absolute Gasteiger partial charge is 0.366 e. The van der Waals surface area contributed by atoms with Gasteiger partial charge < -0.3 is 26.7 Å². The molecule has 2 heterocycles. The predicted octanol–water partition coefficient (Wildman–Crippen LogP) is 1.57. The van der Waals surface area contributed by atoms with Gasteiger partial charge in [0.05, 0.1) is 16.9 Å². The summed E-state index contributed by atoms with van der Waals surface area (Å²) in [5, 5.41) is 13.8. The summed E-state index contributed by atoms with van der Waals surface area (Å²) in [5.74, 6) is -0.365. The summed E-state index contributed by atoms with van der Waals surface area (Å²) in [6.45, 7) is 1.84. The van der Waals surface area contributed by atoms with Gasteiger partial charge in [-0.25, -0.2) is 4.39 Å². The first kappa shape index (κ1) is 14.5. The van der Waals surface area contributed by atoms with Crippen molar-refractivity contribution in [3.63, 3.8) is 0 Å². The standard InChI is InChI=1S/C15H18FN5O/c1-21-3-2-8(7-21)11(6-17)15-19-12-5-9(16)4-10(14(18)22)13(12)20-15/h4-6,8,17,19-20H,2-3,7H2,1H3,(H2,18,22)/b15-11+,17-6?. The maximum absolute atomic E-state index is 13.6. The monoisotopic (exact) mass is 303 g/mol. The lowest BCUT2D eigenvalue weighted by molar-refractivity contribution is 0.100. The average Bonchev–Trinajstić information content (AvgIpc) is 3.05. The second-order valence-electron chi connectivity index (χ2n) is 5.71. The summed E-state index contributed by atoms with van der Waals surface area (Å²) >= 11 is 0. The van der Waals surface area contributed by atoms with Crippen LogP contribution in [0.1, 0.15) is 16.8 Å². The fourth-order valence-corrected chi connectivity index (χ4v) is 3.05. The van der Waals surface area contributed by atoms with Gasteiger partial charge in [-0.05, 0) is 32.1 Å². The third kappa shape index (κ3) is 2.43. The number of rotatable bonds is 3. The highest BCUT2D eigenvalue weighted by atomic mass is 19.1. The van der Waals surface area contributed by atoms with E-state index in [1.807, 2.05) is 7.05 Å². The van der Waals surface area contributed by atoms with Gasteiger partial charge in [-0.1, -0.05) is 0 Å². The average molecular weight is 303 g/mol. The molecule has 1 aromatic carbocycles. The molecule has 0 bridgehead atoms. The minimum atomic E-state index is -0.691. The van der Waals surface area contributed by atoms with Crippen LogP contribution >= 0.6 is 0 Å². The number of hydrogen-bond acceptors (Lipinski definition) is 5. The summed E-state index contributed by atoms with van der Waals surface area (Å²) in [4.78, 5) is 13.7. The van der Waals surface area contributed by atoms with Crippen LogP contribution in [0.4, 0.5) is 15.8 Å². The van der Waals surface area contributed by atoms with Crippen LogP contribution in [-0.2, 0) is 0 Å². The summed E-state index contributed by atoms with van der Waals surface area (Å²) in [6.07, 6.45) is 2.27. The highest BCUT2D eigenvalue weighted by Gasteiger charge is 2.29. The van der Waals surface area contributed by atoms with Crippen molar-refractivity contribution in [1.29, 1.82) is 5.41 Å². The molecule has 1 unspecified atom stereocenters. The number of nitrogens with zero attached hydrogens (tertiary/aromatic N) is 1. The molecule has 3 rings (SSSR count). The van der Waals surface area contributed by atoms with Crippen LogP contribution in [0.2, 0.25) is 0 Å². The summed E-state index contributed by atoms with van der Waals surface area (Å²) in [7, 11) is 2.04. The number of likely N-dealkylation sites (tertiary alicyclic amines) is 1. The number of carbonyl (C=O) groups is 1. The van der Waals surface area contributed by atoms with E-state index in [9.17, 15) is 9.18 Å². The quantitative estimate of drug-likeness (QED) is 0.638. The molecule has 1 aromatic rings. The van der Waals surface area contributed by atoms with Crippen molar-refractivity contribution in [3.05, 3.63) is 34.9 Å². The lowest BCUT2D eigenvalue weighted by Gasteiger charge is -2.14. The molecule has 0 aliphatic carbocycles. The number of fused-ring (bicyclic) bond motifs is 1. The number of benzene rings is 1. The van der Waals surface area contributed by atoms with Gasteiger partial charge in [0, 0.05) is 24.3 Å². The Morgan fingerprint density at radius 1 is 1.50 bits per heavy atom. The van der Waals surface area contributed by atoms with Crippen molar-refractivity contribution in [3.8, 4) is 0 Å². The fourth-order valence-electron chi connectivity index (χ4n) is 3.05. The number of anilines is 2. The molecule has 2 aliphatic rings. The Labute approximate surface area is 127 Å². The van der Waals surface area contributed by atoms with Crippen LogP contribution in [0.5, 0.6) is 0 Å². The SMILES string of the molecule is CN1CCC(/C(C=N)=C2\Nc3cc(F)cc(C(N)=O)c3N2)C1. The number of nitrogens with one attached hydrogen (secondary N) is 3. The van der Waals surface area contributed by atoms with Crippen LogP contribution in [-0.4, -0.2) is 37.2 Å². The van der Waals surface area contributed by atoms with Crippen LogP contribution in [0.3, 0.4) is 0 Å². The molecule has 116 valence electrons. The van der Waals surface area contributed by atoms with Gasteiger partial charge in [-0.3, -0.25) is 4.79 Å². The van der Waals surface area contributed by atoms with Gasteiger partial charge in [-0.15, -0.1) is 0 Å². The van der Waals surface area contributed by atoms with E-state index < -0.39 is 11.7 Å². The highest BCUT2D eigenvalue weighted by Crippen LogP contribution is 2.37. The first-order valence-electron chi connectivity index (χ1n) is 7.10. The first-order chi connectivity index (χ1) is 10.5. The van der Waals surface area contributed by atoms with Gasteiger partial charge in [0.1, 0.15) is 11.6 Å². The maximum Gasteiger partial charge on any atom is 0.250 e. The van der Waals surface area contributed by atoms with Crippen molar-refractivity contribution in [2.45, 2.75) is 6.42 Å². The van der Waals surface area contributed by atoms with Crippen molar-refractivity contribution in [2.24, 2.45) is 11.7 Å². The third-order valence-electron chi connectivity index (χ3n) is 4.15. The molecule has 1 atom stereocenters. The Hall–Kier alpha value is -2.41. The number of primary amides is 1. The van der Waals surface area contributed by atoms with E-state index in [4.69, 9.17) is 11.1 Å². The molecule has 0 radical (unpaired) electrons. The van der Waals surface area contributed by atoms with Gasteiger partial charge >= 0.3 is 0 Å². The third-order valence-corrected chi connectivity index (χ3v) is 4.15. The minimum absolute atomic E-state index is 0.102. The number of amides is 1. The number of halogens is 1. The van der Waals surface area contributed by atoms with E-state index in [1.54, 1.807) is 0 Å². The van der Waals surface area contributed by atoms with Crippen molar-refractivity contribution >= 4 is 23.5 Å². The lowest BCUT2D eigenvalue weighted by Crippen LogP contribution is -2.18. The van der Waals surface area contributed by atoms with E-state index in [0.29, 0.717) is 17.2 Å². The van der Waals surface area contributed by atoms with Crippen molar-refractivity contribution in [2.75, 3.05) is 30.8 Å². The van der Waals surface area contributed by atoms with E-state index >= 15 is 0 Å². The van der Waals surface area contributed by atoms with Crippen LogP contribution < -0.4 is 16.4 Å². The Morgan fingerprint density at radius 3 is 2.86 bits per heavy atom. The predicted molar refractivity (Wildman–Crippen MR) is 83.6 cm³/mol. The van der Waals surface area contributed by atoms with Gasteiger partial charge in [-0.2, -0.15) is 0 Å². The molecule has 5 N–H and O–H groups in total. The zero-order valence-electron chi connectivity index (χ0n) is 12.2. The van der Waals surface area contributed by atoms with E-state index in [2.05, 4.69) is 15.5 Å². The summed E-state index contributed by atoms with van der Waals surface area (Å²) in [6, 6.07) is 2.43. The fraction of sp³-hybridized carbons (Fsp3) is 0.333. The normalized spacial score (nSPS) is 22.7. The van der Waals surface area contributed by atoms with Crippen molar-refractivity contribution in [1.82, 2.24) is 4.90 Å². The van der Waals surface area contributed by atoms with Crippen molar-refractivity contribution < 1.29 is 9.18 Å². The van der Waals surface area contributed by atoms with Gasteiger partial charge in [0.15, 0.2) is 0 Å².